The van der Waals surface area contributed by atoms with Crippen molar-refractivity contribution in [1.82, 2.24) is 9.80 Å². The largest absolute Gasteiger partial charge is 0.507 e. The van der Waals surface area contributed by atoms with Crippen molar-refractivity contribution in [2.75, 3.05) is 26.2 Å². The standard InChI is InChI=1S/C26H31ClN2O4/c1-5-28(6-2)14-15-29-23(18-10-12-20(27)13-11-18)22(25(31)26(29)32)24(30)19-8-7-9-21(16-19)33-17(3)4/h7-13,16-17,23,30H,5-6,14-15H2,1-4H3/b24-22-. The topological polar surface area (TPSA) is 70.1 Å². The molecule has 6 nitrogen and oxygen atoms in total. The molecular formula is C26H31ClN2O4. The van der Waals surface area contributed by atoms with Crippen molar-refractivity contribution in [3.05, 3.63) is 70.3 Å². The van der Waals surface area contributed by atoms with Crippen LogP contribution in [0.4, 0.5) is 0 Å². The van der Waals surface area contributed by atoms with Crippen LogP contribution in [0.1, 0.15) is 44.9 Å². The van der Waals surface area contributed by atoms with Crippen molar-refractivity contribution in [3.63, 3.8) is 0 Å². The number of likely N-dealkylation sites (tertiary alicyclic amines) is 1. The van der Waals surface area contributed by atoms with Crippen LogP contribution in [-0.4, -0.2) is 58.9 Å². The van der Waals surface area contributed by atoms with E-state index in [1.807, 2.05) is 13.8 Å². The zero-order chi connectivity index (χ0) is 24.1. The van der Waals surface area contributed by atoms with Crippen LogP contribution in [-0.2, 0) is 9.59 Å². The summed E-state index contributed by atoms with van der Waals surface area (Å²) >= 11 is 6.08. The lowest BCUT2D eigenvalue weighted by Crippen LogP contribution is -2.38. The summed E-state index contributed by atoms with van der Waals surface area (Å²) in [6, 6.07) is 13.2. The van der Waals surface area contributed by atoms with E-state index in [4.69, 9.17) is 16.3 Å². The Morgan fingerprint density at radius 2 is 1.79 bits per heavy atom. The average Bonchev–Trinajstić information content (AvgIpc) is 3.04. The van der Waals surface area contributed by atoms with Crippen LogP contribution >= 0.6 is 11.6 Å². The second-order valence-corrected chi connectivity index (χ2v) is 8.70. The highest BCUT2D eigenvalue weighted by Crippen LogP contribution is 2.40. The summed E-state index contributed by atoms with van der Waals surface area (Å²) < 4.78 is 5.73. The number of hydrogen-bond acceptors (Lipinski definition) is 5. The summed E-state index contributed by atoms with van der Waals surface area (Å²) in [4.78, 5) is 29.9. The second kappa shape index (κ2) is 10.9. The first-order valence-corrected chi connectivity index (χ1v) is 11.7. The Bertz CT molecular complexity index is 1030. The first-order valence-electron chi connectivity index (χ1n) is 11.3. The Morgan fingerprint density at radius 3 is 2.39 bits per heavy atom. The monoisotopic (exact) mass is 470 g/mol. The molecule has 1 aliphatic heterocycles. The number of amides is 1. The molecule has 0 bridgehead atoms. The molecule has 2 aromatic carbocycles. The molecule has 1 fully saturated rings. The predicted octanol–water partition coefficient (Wildman–Crippen LogP) is 4.89. The van der Waals surface area contributed by atoms with E-state index in [9.17, 15) is 14.7 Å². The number of aliphatic hydroxyl groups is 1. The maximum atomic E-state index is 13.1. The predicted molar refractivity (Wildman–Crippen MR) is 130 cm³/mol. The van der Waals surface area contributed by atoms with Gasteiger partial charge in [-0.05, 0) is 56.8 Å². The number of carbonyl (C=O) groups is 2. The molecule has 3 rings (SSSR count). The molecule has 1 aliphatic rings. The van der Waals surface area contributed by atoms with Gasteiger partial charge in [-0.2, -0.15) is 0 Å². The quantitative estimate of drug-likeness (QED) is 0.321. The van der Waals surface area contributed by atoms with E-state index in [0.717, 1.165) is 13.1 Å². The van der Waals surface area contributed by atoms with Gasteiger partial charge in [-0.1, -0.05) is 49.7 Å². The maximum absolute atomic E-state index is 13.1. The normalized spacial score (nSPS) is 17.9. The Labute approximate surface area is 200 Å². The summed E-state index contributed by atoms with van der Waals surface area (Å²) in [5.41, 5.74) is 1.21. The smallest absolute Gasteiger partial charge is 0.295 e. The van der Waals surface area contributed by atoms with Gasteiger partial charge in [0.15, 0.2) is 0 Å². The summed E-state index contributed by atoms with van der Waals surface area (Å²) in [5, 5.41) is 11.8. The molecule has 1 atom stereocenters. The number of Topliss-reactive ketones (excluding diaryl/α,β-unsaturated/α-hetero) is 1. The molecule has 1 N–H and O–H groups in total. The fourth-order valence-corrected chi connectivity index (χ4v) is 4.16. The Hall–Kier alpha value is -2.83. The number of ketones is 1. The Balaban J connectivity index is 2.08. The molecule has 0 saturated carbocycles. The number of halogens is 1. The lowest BCUT2D eigenvalue weighted by Gasteiger charge is -2.28. The number of nitrogens with zero attached hydrogens (tertiary/aromatic N) is 2. The SMILES string of the molecule is CCN(CC)CCN1C(=O)C(=O)/C(=C(\O)c2cccc(OC(C)C)c2)C1c1ccc(Cl)cc1. The highest BCUT2D eigenvalue weighted by Gasteiger charge is 2.46. The number of aliphatic hydroxyl groups excluding tert-OH is 1. The van der Waals surface area contributed by atoms with Crippen molar-refractivity contribution in [1.29, 1.82) is 0 Å². The molecule has 0 aromatic heterocycles. The number of hydrogen-bond donors (Lipinski definition) is 1. The minimum atomic E-state index is -0.701. The van der Waals surface area contributed by atoms with E-state index in [2.05, 4.69) is 18.7 Å². The lowest BCUT2D eigenvalue weighted by molar-refractivity contribution is -0.140. The van der Waals surface area contributed by atoms with Gasteiger partial charge in [0.05, 0.1) is 17.7 Å². The van der Waals surface area contributed by atoms with Gasteiger partial charge in [-0.3, -0.25) is 9.59 Å². The van der Waals surface area contributed by atoms with Gasteiger partial charge in [0.25, 0.3) is 11.7 Å². The lowest BCUT2D eigenvalue weighted by atomic mass is 9.95. The second-order valence-electron chi connectivity index (χ2n) is 8.27. The first kappa shape index (κ1) is 24.8. The Kier molecular flexibility index (Phi) is 8.16. The number of ether oxygens (including phenoxy) is 1. The molecule has 0 aliphatic carbocycles. The first-order chi connectivity index (χ1) is 15.8. The minimum Gasteiger partial charge on any atom is -0.507 e. The van der Waals surface area contributed by atoms with E-state index in [1.54, 1.807) is 53.4 Å². The zero-order valence-electron chi connectivity index (χ0n) is 19.5. The number of benzene rings is 2. The molecule has 0 radical (unpaired) electrons. The van der Waals surface area contributed by atoms with E-state index in [-0.39, 0.29) is 17.4 Å². The van der Waals surface area contributed by atoms with Crippen LogP contribution in [0.2, 0.25) is 5.02 Å². The maximum Gasteiger partial charge on any atom is 0.295 e. The van der Waals surface area contributed by atoms with Gasteiger partial charge in [-0.25, -0.2) is 0 Å². The fraction of sp³-hybridized carbons (Fsp3) is 0.385. The average molecular weight is 471 g/mol. The summed E-state index contributed by atoms with van der Waals surface area (Å²) in [6.07, 6.45) is -0.0397. The van der Waals surface area contributed by atoms with Crippen molar-refractivity contribution in [2.24, 2.45) is 0 Å². The van der Waals surface area contributed by atoms with Crippen LogP contribution in [0.3, 0.4) is 0 Å². The molecule has 176 valence electrons. The molecule has 0 spiro atoms. The number of rotatable bonds is 9. The summed E-state index contributed by atoms with van der Waals surface area (Å²) in [5.74, 6) is -0.943. The van der Waals surface area contributed by atoms with Gasteiger partial charge in [0, 0.05) is 23.7 Å². The third-order valence-electron chi connectivity index (χ3n) is 5.76. The van der Waals surface area contributed by atoms with Crippen LogP contribution in [0.25, 0.3) is 5.76 Å². The zero-order valence-corrected chi connectivity index (χ0v) is 20.3. The molecular weight excluding hydrogens is 440 g/mol. The van der Waals surface area contributed by atoms with E-state index < -0.39 is 17.7 Å². The van der Waals surface area contributed by atoms with Crippen molar-refractivity contribution >= 4 is 29.1 Å². The Morgan fingerprint density at radius 1 is 1.12 bits per heavy atom. The van der Waals surface area contributed by atoms with E-state index in [1.165, 1.54) is 0 Å². The van der Waals surface area contributed by atoms with Gasteiger partial charge < -0.3 is 19.6 Å². The van der Waals surface area contributed by atoms with E-state index in [0.29, 0.717) is 35.0 Å². The molecule has 2 aromatic rings. The number of carbonyl (C=O) groups excluding carboxylic acids is 2. The third-order valence-corrected chi connectivity index (χ3v) is 6.01. The summed E-state index contributed by atoms with van der Waals surface area (Å²) in [7, 11) is 0. The van der Waals surface area contributed by atoms with Crippen LogP contribution in [0, 0.1) is 0 Å². The van der Waals surface area contributed by atoms with E-state index >= 15 is 0 Å². The molecule has 1 unspecified atom stereocenters. The molecule has 1 amide bonds. The molecule has 1 heterocycles. The van der Waals surface area contributed by atoms with Gasteiger partial charge in [0.1, 0.15) is 11.5 Å². The third kappa shape index (κ3) is 5.57. The fourth-order valence-electron chi connectivity index (χ4n) is 4.04. The van der Waals surface area contributed by atoms with Gasteiger partial charge >= 0.3 is 0 Å². The molecule has 33 heavy (non-hydrogen) atoms. The minimum absolute atomic E-state index is 0.0397. The summed E-state index contributed by atoms with van der Waals surface area (Å²) in [6.45, 7) is 10.6. The number of likely N-dealkylation sites (N-methyl/N-ethyl adjacent to an activating group) is 1. The van der Waals surface area contributed by atoms with Crippen molar-refractivity contribution in [3.8, 4) is 5.75 Å². The van der Waals surface area contributed by atoms with Crippen LogP contribution in [0.15, 0.2) is 54.1 Å². The van der Waals surface area contributed by atoms with Crippen LogP contribution < -0.4 is 4.74 Å². The highest BCUT2D eigenvalue weighted by molar-refractivity contribution is 6.46. The van der Waals surface area contributed by atoms with Crippen molar-refractivity contribution < 1.29 is 19.4 Å². The highest BCUT2D eigenvalue weighted by atomic mass is 35.5. The van der Waals surface area contributed by atoms with Gasteiger partial charge in [-0.15, -0.1) is 0 Å². The molecule has 1 saturated heterocycles. The van der Waals surface area contributed by atoms with Crippen LogP contribution in [0.5, 0.6) is 5.75 Å². The van der Waals surface area contributed by atoms with Gasteiger partial charge in [0.2, 0.25) is 0 Å². The van der Waals surface area contributed by atoms with Crippen molar-refractivity contribution in [2.45, 2.75) is 39.8 Å². The molecule has 7 heteroatoms.